The van der Waals surface area contributed by atoms with Gasteiger partial charge in [-0.05, 0) is 35.4 Å². The molecule has 0 heterocycles. The summed E-state index contributed by atoms with van der Waals surface area (Å²) < 4.78 is 0. The highest BCUT2D eigenvalue weighted by Gasteiger charge is 2.08. The molecule has 0 fully saturated rings. The molecular weight excluding hydrogens is 254 g/mol. The van der Waals surface area contributed by atoms with Crippen molar-refractivity contribution in [2.75, 3.05) is 14.1 Å². The summed E-state index contributed by atoms with van der Waals surface area (Å²) in [5.41, 5.74) is 2.74. The Morgan fingerprint density at radius 2 is 1.20 bits per heavy atom. The maximum Gasteiger partial charge on any atom is 0.335 e. The Bertz CT molecular complexity index is 628. The van der Waals surface area contributed by atoms with E-state index in [-0.39, 0.29) is 11.5 Å². The monoisotopic (exact) mass is 269 g/mol. The Balaban J connectivity index is 2.26. The Morgan fingerprint density at radius 1 is 0.800 bits per heavy atom. The Kier molecular flexibility index (Phi) is 3.84. The predicted octanol–water partition coefficient (Wildman–Crippen LogP) is 2.75. The maximum absolute atomic E-state index is 11.8. The fourth-order valence-corrected chi connectivity index (χ4v) is 1.87. The van der Waals surface area contributed by atoms with Crippen LogP contribution in [0, 0.1) is 0 Å². The fraction of sp³-hybridized carbons (Fsp3) is 0.125. The quantitative estimate of drug-likeness (QED) is 0.932. The van der Waals surface area contributed by atoms with E-state index in [1.54, 1.807) is 50.5 Å². The van der Waals surface area contributed by atoms with E-state index in [0.717, 1.165) is 11.1 Å². The molecule has 0 aliphatic heterocycles. The second kappa shape index (κ2) is 5.57. The Labute approximate surface area is 117 Å². The zero-order valence-corrected chi connectivity index (χ0v) is 11.3. The van der Waals surface area contributed by atoms with Crippen LogP contribution in [0.5, 0.6) is 0 Å². The molecule has 0 unspecified atom stereocenters. The molecule has 0 saturated carbocycles. The molecule has 0 saturated heterocycles. The van der Waals surface area contributed by atoms with Gasteiger partial charge in [-0.15, -0.1) is 0 Å². The van der Waals surface area contributed by atoms with Crippen molar-refractivity contribution in [3.05, 3.63) is 59.7 Å². The van der Waals surface area contributed by atoms with E-state index in [1.807, 2.05) is 12.1 Å². The van der Waals surface area contributed by atoms with Gasteiger partial charge in [-0.3, -0.25) is 4.79 Å². The van der Waals surface area contributed by atoms with Gasteiger partial charge in [0.05, 0.1) is 5.56 Å². The first-order valence-electron chi connectivity index (χ1n) is 6.14. The van der Waals surface area contributed by atoms with Crippen molar-refractivity contribution in [3.8, 4) is 11.1 Å². The summed E-state index contributed by atoms with van der Waals surface area (Å²) >= 11 is 0. The van der Waals surface area contributed by atoms with Crippen molar-refractivity contribution in [2.45, 2.75) is 0 Å². The molecule has 0 aliphatic carbocycles. The molecule has 0 aromatic heterocycles. The molecule has 0 atom stereocenters. The van der Waals surface area contributed by atoms with E-state index in [1.165, 1.54) is 4.90 Å². The molecule has 4 heteroatoms. The molecule has 102 valence electrons. The molecule has 0 spiro atoms. The number of carboxylic acid groups (broad SMARTS) is 1. The smallest absolute Gasteiger partial charge is 0.335 e. The molecule has 2 rings (SSSR count). The minimum atomic E-state index is -0.941. The molecule has 1 N–H and O–H groups in total. The highest BCUT2D eigenvalue weighted by molar-refractivity contribution is 5.94. The summed E-state index contributed by atoms with van der Waals surface area (Å²) in [4.78, 5) is 24.1. The average Bonchev–Trinajstić information content (AvgIpc) is 2.46. The highest BCUT2D eigenvalue weighted by Crippen LogP contribution is 2.20. The second-order valence-electron chi connectivity index (χ2n) is 4.66. The molecule has 1 amide bonds. The molecule has 0 radical (unpaired) electrons. The number of amides is 1. The number of rotatable bonds is 3. The van der Waals surface area contributed by atoms with E-state index in [0.29, 0.717) is 5.56 Å². The molecule has 0 aliphatic rings. The highest BCUT2D eigenvalue weighted by atomic mass is 16.4. The first-order valence-corrected chi connectivity index (χ1v) is 6.14. The first-order chi connectivity index (χ1) is 9.49. The Morgan fingerprint density at radius 3 is 1.55 bits per heavy atom. The normalized spacial score (nSPS) is 10.1. The molecule has 2 aromatic rings. The average molecular weight is 269 g/mol. The molecule has 20 heavy (non-hydrogen) atoms. The number of aromatic carboxylic acids is 1. The van der Waals surface area contributed by atoms with Crippen molar-refractivity contribution in [1.29, 1.82) is 0 Å². The number of benzene rings is 2. The Hall–Kier alpha value is -2.62. The number of carboxylic acids is 1. The lowest BCUT2D eigenvalue weighted by Gasteiger charge is -2.10. The minimum absolute atomic E-state index is 0.0437. The minimum Gasteiger partial charge on any atom is -0.478 e. The molecular formula is C16H15NO3. The molecule has 0 bridgehead atoms. The van der Waals surface area contributed by atoms with Gasteiger partial charge in [0.2, 0.25) is 0 Å². The van der Waals surface area contributed by atoms with E-state index in [4.69, 9.17) is 5.11 Å². The van der Waals surface area contributed by atoms with Crippen LogP contribution in [0.1, 0.15) is 20.7 Å². The van der Waals surface area contributed by atoms with Gasteiger partial charge in [0.1, 0.15) is 0 Å². The van der Waals surface area contributed by atoms with Crippen LogP contribution in [-0.4, -0.2) is 36.0 Å². The van der Waals surface area contributed by atoms with E-state index >= 15 is 0 Å². The van der Waals surface area contributed by atoms with Crippen molar-refractivity contribution >= 4 is 11.9 Å². The van der Waals surface area contributed by atoms with Gasteiger partial charge in [0, 0.05) is 19.7 Å². The third kappa shape index (κ3) is 2.85. The lowest BCUT2D eigenvalue weighted by molar-refractivity contribution is 0.0696. The van der Waals surface area contributed by atoms with Crippen LogP contribution in [0.15, 0.2) is 48.5 Å². The lowest BCUT2D eigenvalue weighted by atomic mass is 10.0. The standard InChI is InChI=1S/C16H15NO3/c1-17(2)15(18)13-7-3-11(4-8-13)12-5-9-14(10-6-12)16(19)20/h3-10H,1-2H3,(H,19,20). The fourth-order valence-electron chi connectivity index (χ4n) is 1.87. The van der Waals surface area contributed by atoms with Crippen LogP contribution in [0.2, 0.25) is 0 Å². The number of carbonyl (C=O) groups excluding carboxylic acids is 1. The molecule has 4 nitrogen and oxygen atoms in total. The van der Waals surface area contributed by atoms with Crippen molar-refractivity contribution in [1.82, 2.24) is 4.90 Å². The summed E-state index contributed by atoms with van der Waals surface area (Å²) in [6.07, 6.45) is 0. The largest absolute Gasteiger partial charge is 0.478 e. The number of hydrogen-bond acceptors (Lipinski definition) is 2. The zero-order valence-electron chi connectivity index (χ0n) is 11.3. The van der Waals surface area contributed by atoms with Gasteiger partial charge >= 0.3 is 5.97 Å². The molecule has 2 aromatic carbocycles. The van der Waals surface area contributed by atoms with Gasteiger partial charge < -0.3 is 10.0 Å². The van der Waals surface area contributed by atoms with Gasteiger partial charge in [-0.1, -0.05) is 24.3 Å². The van der Waals surface area contributed by atoms with Crippen LogP contribution in [0.3, 0.4) is 0 Å². The zero-order chi connectivity index (χ0) is 14.7. The van der Waals surface area contributed by atoms with E-state index in [2.05, 4.69) is 0 Å². The summed E-state index contributed by atoms with van der Waals surface area (Å²) in [6.45, 7) is 0. The first kappa shape index (κ1) is 13.8. The van der Waals surface area contributed by atoms with Crippen molar-refractivity contribution < 1.29 is 14.7 Å². The van der Waals surface area contributed by atoms with E-state index in [9.17, 15) is 9.59 Å². The topological polar surface area (TPSA) is 57.6 Å². The summed E-state index contributed by atoms with van der Waals surface area (Å²) in [5.74, 6) is -0.985. The lowest BCUT2D eigenvalue weighted by Crippen LogP contribution is -2.21. The SMILES string of the molecule is CN(C)C(=O)c1ccc(-c2ccc(C(=O)O)cc2)cc1. The van der Waals surface area contributed by atoms with Gasteiger partial charge in [-0.25, -0.2) is 4.79 Å². The second-order valence-corrected chi connectivity index (χ2v) is 4.66. The van der Waals surface area contributed by atoms with Crippen LogP contribution in [0.25, 0.3) is 11.1 Å². The van der Waals surface area contributed by atoms with Crippen molar-refractivity contribution in [2.24, 2.45) is 0 Å². The van der Waals surface area contributed by atoms with Crippen LogP contribution >= 0.6 is 0 Å². The van der Waals surface area contributed by atoms with Crippen LogP contribution < -0.4 is 0 Å². The number of nitrogens with zero attached hydrogens (tertiary/aromatic N) is 1. The van der Waals surface area contributed by atoms with Gasteiger partial charge in [0.25, 0.3) is 5.91 Å². The van der Waals surface area contributed by atoms with Gasteiger partial charge in [-0.2, -0.15) is 0 Å². The third-order valence-electron chi connectivity index (χ3n) is 3.00. The summed E-state index contributed by atoms with van der Waals surface area (Å²) in [5, 5.41) is 8.85. The predicted molar refractivity (Wildman–Crippen MR) is 76.9 cm³/mol. The summed E-state index contributed by atoms with van der Waals surface area (Å²) in [6, 6.07) is 13.9. The van der Waals surface area contributed by atoms with E-state index < -0.39 is 5.97 Å². The van der Waals surface area contributed by atoms with Gasteiger partial charge in [0.15, 0.2) is 0 Å². The third-order valence-corrected chi connectivity index (χ3v) is 3.00. The number of hydrogen-bond donors (Lipinski definition) is 1. The summed E-state index contributed by atoms with van der Waals surface area (Å²) in [7, 11) is 3.42. The van der Waals surface area contributed by atoms with Crippen molar-refractivity contribution in [3.63, 3.8) is 0 Å². The maximum atomic E-state index is 11.8. The van der Waals surface area contributed by atoms with Crippen LogP contribution in [-0.2, 0) is 0 Å². The number of carbonyl (C=O) groups is 2. The van der Waals surface area contributed by atoms with Crippen LogP contribution in [0.4, 0.5) is 0 Å².